The highest BCUT2D eigenvalue weighted by Gasteiger charge is 2.45. The van der Waals surface area contributed by atoms with Gasteiger partial charge in [-0.1, -0.05) is 91.2 Å². The molecule has 66 heavy (non-hydrogen) atoms. The molecule has 0 saturated heterocycles. The summed E-state index contributed by atoms with van der Waals surface area (Å²) < 4.78 is 56.2. The lowest BCUT2D eigenvalue weighted by Gasteiger charge is -2.30. The molecule has 8 rings (SSSR count). The van der Waals surface area contributed by atoms with Gasteiger partial charge in [-0.2, -0.15) is 0 Å². The van der Waals surface area contributed by atoms with Crippen LogP contribution in [0.15, 0.2) is 106 Å². The molecule has 0 aliphatic heterocycles. The largest absolute Gasteiger partial charge is 0.481 e. The first kappa shape index (κ1) is 51.8. The van der Waals surface area contributed by atoms with E-state index >= 15 is 0 Å². The molecular formula is C53H64Br2F2N2O7. The van der Waals surface area contributed by atoms with Crippen molar-refractivity contribution in [1.82, 2.24) is 0 Å². The zero-order valence-corrected chi connectivity index (χ0v) is 38.2. The standard InChI is InChI=1S/C25H25BrFNO3.C17H15BrFNO2.C8H12O2.3CH4/c1-31-24(29)9-5-18-11-21(27)14-22(12-18)28(15-16-3-7-20(26)8-4-16)25(30)23-13-17-2-6-19(23)10-17;1-22-17(21)7-4-13-8-15(19)10-16(9-13)20-11-12-2-5-14(18)6-3-12;9-8(10)7-4-5-1-2-6(7)3-5;;;/h3-5,7-9,11-12,14,17,19,23H,2,6,10,13,15H2,1H3;2-10,20H,11H2,1H3;5-7H,1-4H2,(H,9,10);3*1H4/b9-5+;7-4+;;;;/i15D;11D;;;;. The maximum atomic E-state index is 14.5. The summed E-state index contributed by atoms with van der Waals surface area (Å²) in [4.78, 5) is 48.3. The topological polar surface area (TPSA) is 122 Å². The number of methoxy groups -OCH3 is 2. The number of esters is 2. The molecule has 8 unspecified atom stereocenters. The Morgan fingerprint density at radius 2 is 1.18 bits per heavy atom. The molecule has 0 aromatic heterocycles. The first-order valence-electron chi connectivity index (χ1n) is 22.1. The average Bonchev–Trinajstić information content (AvgIpc) is 4.13. The van der Waals surface area contributed by atoms with Crippen molar-refractivity contribution in [2.24, 2.45) is 35.5 Å². The van der Waals surface area contributed by atoms with Crippen LogP contribution in [0.2, 0.25) is 0 Å². The smallest absolute Gasteiger partial charge is 0.330 e. The molecule has 0 heterocycles. The number of amides is 1. The lowest BCUT2D eigenvalue weighted by atomic mass is 9.87. The SMILES string of the molecule is C.C.C.O=C(O)C1CC2CCC1C2.[2H]C(Nc1cc(F)cc(/C=C/C(=O)OC)c1)c1ccc(Br)cc1.[2H]C(c1ccc(Br)cc1)N(C(=O)C1CC2CCC1C2)c1cc(F)cc(/C=C/C(=O)OC)c1. The highest BCUT2D eigenvalue weighted by Crippen LogP contribution is 2.50. The van der Waals surface area contributed by atoms with Gasteiger partial charge < -0.3 is 24.8 Å². The first-order chi connectivity index (χ1) is 31.1. The Balaban J connectivity index is 0.000000297. The van der Waals surface area contributed by atoms with Gasteiger partial charge in [0, 0.05) is 44.9 Å². The predicted molar refractivity (Wildman–Crippen MR) is 267 cm³/mol. The second-order valence-electron chi connectivity index (χ2n) is 16.4. The number of hydrogen-bond donors (Lipinski definition) is 2. The van der Waals surface area contributed by atoms with Crippen molar-refractivity contribution in [3.8, 4) is 0 Å². The van der Waals surface area contributed by atoms with Crippen LogP contribution >= 0.6 is 31.9 Å². The molecule has 356 valence electrons. The van der Waals surface area contributed by atoms with E-state index in [2.05, 4.69) is 46.7 Å². The normalized spacial score (nSPS) is 22.0. The highest BCUT2D eigenvalue weighted by atomic mass is 79.9. The summed E-state index contributed by atoms with van der Waals surface area (Å²) in [5.41, 5.74) is 3.08. The van der Waals surface area contributed by atoms with Crippen molar-refractivity contribution in [1.29, 1.82) is 0 Å². The molecule has 4 aromatic rings. The molecule has 13 heteroatoms. The van der Waals surface area contributed by atoms with Crippen molar-refractivity contribution in [3.05, 3.63) is 140 Å². The van der Waals surface area contributed by atoms with Crippen LogP contribution in [0.1, 0.15) is 98.6 Å². The number of carboxylic acid groups (broad SMARTS) is 1. The molecule has 4 aromatic carbocycles. The van der Waals surface area contributed by atoms with E-state index in [9.17, 15) is 28.0 Å². The van der Waals surface area contributed by atoms with Gasteiger partial charge >= 0.3 is 17.9 Å². The third-order valence-electron chi connectivity index (χ3n) is 12.1. The van der Waals surface area contributed by atoms with E-state index in [0.717, 1.165) is 52.5 Å². The number of aliphatic carboxylic acids is 1. The number of halogens is 4. The molecular weight excluding hydrogens is 974 g/mol. The van der Waals surface area contributed by atoms with E-state index in [1.165, 1.54) is 87.0 Å². The van der Waals surface area contributed by atoms with Gasteiger partial charge in [-0.3, -0.25) is 9.59 Å². The van der Waals surface area contributed by atoms with Gasteiger partial charge in [0.2, 0.25) is 5.91 Å². The second-order valence-corrected chi connectivity index (χ2v) is 18.2. The fourth-order valence-corrected chi connectivity index (χ4v) is 9.58. The van der Waals surface area contributed by atoms with Crippen LogP contribution in [0, 0.1) is 47.1 Å². The average molecular weight is 1040 g/mol. The molecule has 4 bridgehead atoms. The van der Waals surface area contributed by atoms with Crippen molar-refractivity contribution >= 4 is 79.2 Å². The number of nitrogens with one attached hydrogen (secondary N) is 1. The Hall–Kier alpha value is -5.14. The van der Waals surface area contributed by atoms with E-state index in [-0.39, 0.29) is 40.0 Å². The zero-order valence-electron chi connectivity index (χ0n) is 37.0. The first-order valence-corrected chi connectivity index (χ1v) is 22.5. The lowest BCUT2D eigenvalue weighted by Crippen LogP contribution is -2.38. The van der Waals surface area contributed by atoms with Crippen LogP contribution in [0.25, 0.3) is 12.2 Å². The zero-order chi connectivity index (χ0) is 46.8. The van der Waals surface area contributed by atoms with Crippen LogP contribution in [-0.2, 0) is 41.7 Å². The molecule has 1 amide bonds. The van der Waals surface area contributed by atoms with Gasteiger partial charge in [0.25, 0.3) is 0 Å². The van der Waals surface area contributed by atoms with Gasteiger partial charge in [-0.15, -0.1) is 0 Å². The maximum absolute atomic E-state index is 14.5. The number of anilines is 2. The van der Waals surface area contributed by atoms with E-state index in [1.54, 1.807) is 24.3 Å². The Bertz CT molecular complexity index is 2390. The number of carbonyl (C=O) groups excluding carboxylic acids is 3. The summed E-state index contributed by atoms with van der Waals surface area (Å²) in [6, 6.07) is 23.0. The Morgan fingerprint density at radius 1 is 0.697 bits per heavy atom. The summed E-state index contributed by atoms with van der Waals surface area (Å²) in [5, 5.41) is 11.7. The third-order valence-corrected chi connectivity index (χ3v) is 13.2. The van der Waals surface area contributed by atoms with E-state index in [4.69, 9.17) is 7.85 Å². The molecule has 4 fully saturated rings. The van der Waals surface area contributed by atoms with E-state index in [0.29, 0.717) is 45.8 Å². The summed E-state index contributed by atoms with van der Waals surface area (Å²) >= 11 is 6.74. The van der Waals surface area contributed by atoms with Crippen LogP contribution in [0.4, 0.5) is 20.2 Å². The van der Waals surface area contributed by atoms with Crippen LogP contribution in [0.3, 0.4) is 0 Å². The number of hydrogen-bond acceptors (Lipinski definition) is 7. The van der Waals surface area contributed by atoms with E-state index < -0.39 is 42.6 Å². The molecule has 0 radical (unpaired) electrons. The molecule has 2 N–H and O–H groups in total. The molecule has 4 aliphatic carbocycles. The lowest BCUT2D eigenvalue weighted by molar-refractivity contribution is -0.143. The van der Waals surface area contributed by atoms with Gasteiger partial charge in [0.15, 0.2) is 0 Å². The summed E-state index contributed by atoms with van der Waals surface area (Å²) in [7, 11) is 2.54. The Morgan fingerprint density at radius 3 is 1.64 bits per heavy atom. The van der Waals surface area contributed by atoms with Crippen LogP contribution in [0.5, 0.6) is 0 Å². The van der Waals surface area contributed by atoms with Crippen LogP contribution < -0.4 is 10.2 Å². The molecule has 8 atom stereocenters. The number of nitrogens with zero attached hydrogens (tertiary/aromatic N) is 1. The van der Waals surface area contributed by atoms with Crippen LogP contribution in [-0.4, -0.2) is 43.1 Å². The molecule has 4 saturated carbocycles. The predicted octanol–water partition coefficient (Wildman–Crippen LogP) is 13.5. The molecule has 4 aliphatic rings. The number of fused-ring (bicyclic) bond motifs is 4. The third kappa shape index (κ3) is 15.7. The quantitative estimate of drug-likeness (QED) is 0.106. The van der Waals surface area contributed by atoms with Crippen molar-refractivity contribution in [3.63, 3.8) is 0 Å². The number of benzene rings is 4. The minimum Gasteiger partial charge on any atom is -0.481 e. The minimum atomic E-state index is -1.02. The van der Waals surface area contributed by atoms with Gasteiger partial charge in [-0.05, 0) is 157 Å². The van der Waals surface area contributed by atoms with E-state index in [1.807, 2.05) is 36.4 Å². The number of carboxylic acids is 1. The number of rotatable bonds is 12. The van der Waals surface area contributed by atoms with Crippen molar-refractivity contribution < 1.29 is 45.3 Å². The fourth-order valence-electron chi connectivity index (χ4n) is 9.05. The second kappa shape index (κ2) is 26.3. The summed E-state index contributed by atoms with van der Waals surface area (Å²) in [6.07, 6.45) is 14.0. The van der Waals surface area contributed by atoms with Gasteiger partial charge in [0.1, 0.15) is 11.6 Å². The number of ether oxygens (including phenoxy) is 2. The summed E-state index contributed by atoms with van der Waals surface area (Å²) in [5.74, 6) is -0.708. The van der Waals surface area contributed by atoms with Crippen molar-refractivity contribution in [2.45, 2.75) is 86.7 Å². The number of carbonyl (C=O) groups is 4. The molecule has 0 spiro atoms. The van der Waals surface area contributed by atoms with Gasteiger partial charge in [0.05, 0.1) is 29.4 Å². The molecule has 9 nitrogen and oxygen atoms in total. The minimum absolute atomic E-state index is 0. The Kier molecular flexibility index (Phi) is 20.6. The summed E-state index contributed by atoms with van der Waals surface area (Å²) in [6.45, 7) is -1.75. The fraction of sp³-hybridized carbons (Fsp3) is 0.396. The van der Waals surface area contributed by atoms with Crippen molar-refractivity contribution in [2.75, 3.05) is 24.4 Å². The Labute approximate surface area is 409 Å². The maximum Gasteiger partial charge on any atom is 0.330 e. The monoisotopic (exact) mass is 1040 g/mol. The van der Waals surface area contributed by atoms with Gasteiger partial charge in [-0.25, -0.2) is 18.4 Å². The highest BCUT2D eigenvalue weighted by molar-refractivity contribution is 9.10.